The van der Waals surface area contributed by atoms with Gasteiger partial charge in [-0.25, -0.2) is 0 Å². The Labute approximate surface area is 144 Å². The molecule has 0 radical (unpaired) electrons. The molecule has 0 atom stereocenters. The van der Waals surface area contributed by atoms with Crippen molar-refractivity contribution in [3.8, 4) is 11.5 Å². The summed E-state index contributed by atoms with van der Waals surface area (Å²) >= 11 is 0. The number of anilines is 1. The van der Waals surface area contributed by atoms with E-state index in [-0.39, 0.29) is 11.7 Å². The molecule has 0 aliphatic rings. The minimum atomic E-state index is -0.343. The first kappa shape index (κ1) is 16.8. The van der Waals surface area contributed by atoms with Crippen LogP contribution in [0.25, 0.3) is 11.5 Å². The van der Waals surface area contributed by atoms with E-state index in [0.29, 0.717) is 39.8 Å². The highest BCUT2D eigenvalue weighted by atomic mass is 16.3. The minimum absolute atomic E-state index is 0.0725. The Morgan fingerprint density at radius 2 is 1.84 bits per heavy atom. The summed E-state index contributed by atoms with van der Waals surface area (Å²) < 4.78 is 5.59. The van der Waals surface area contributed by atoms with Crippen molar-refractivity contribution < 1.29 is 14.0 Å². The number of Topliss-reactive ketones (excluding diaryl/α,β-unsaturated/α-hetero) is 1. The van der Waals surface area contributed by atoms with Crippen LogP contribution >= 0.6 is 0 Å². The highest BCUT2D eigenvalue weighted by Gasteiger charge is 2.22. The van der Waals surface area contributed by atoms with Gasteiger partial charge in [-0.05, 0) is 52.3 Å². The predicted octanol–water partition coefficient (Wildman–Crippen LogP) is 3.69. The Morgan fingerprint density at radius 3 is 2.40 bits per heavy atom. The van der Waals surface area contributed by atoms with Crippen LogP contribution in [0.2, 0.25) is 0 Å². The smallest absolute Gasteiger partial charge is 0.273 e. The summed E-state index contributed by atoms with van der Waals surface area (Å²) in [5.41, 5.74) is 3.72. The van der Waals surface area contributed by atoms with Gasteiger partial charge in [0.15, 0.2) is 17.4 Å². The number of nitrogens with zero attached hydrogens (tertiary/aromatic N) is 1. The Balaban J connectivity index is 1.89. The lowest BCUT2D eigenvalue weighted by atomic mass is 10.1. The maximum absolute atomic E-state index is 12.6. The molecular formula is C18H20N4O3. The first-order chi connectivity index (χ1) is 11.8. The standard InChI is InChI=1S/C18H20N4O3/c1-8-6-7-13(25-8)15-10(3)17(22-21-15)20-18(24)16-9(2)14(12(5)23)11(4)19-16/h6-7,19H,1-5H3,(H2,20,21,22,24). The molecule has 7 heteroatoms. The van der Waals surface area contributed by atoms with Gasteiger partial charge in [-0.3, -0.25) is 14.7 Å². The number of aryl methyl sites for hydroxylation is 2. The van der Waals surface area contributed by atoms with Crippen LogP contribution in [0.1, 0.15) is 50.4 Å². The summed E-state index contributed by atoms with van der Waals surface area (Å²) in [5, 5.41) is 9.83. The van der Waals surface area contributed by atoms with Crippen molar-refractivity contribution in [2.75, 3.05) is 5.32 Å². The quantitative estimate of drug-likeness (QED) is 0.630. The maximum atomic E-state index is 12.6. The number of carbonyl (C=O) groups excluding carboxylic acids is 2. The van der Waals surface area contributed by atoms with Crippen molar-refractivity contribution in [3.05, 3.63) is 46.0 Å². The van der Waals surface area contributed by atoms with E-state index in [4.69, 9.17) is 4.42 Å². The van der Waals surface area contributed by atoms with Crippen LogP contribution in [-0.2, 0) is 0 Å². The normalized spacial score (nSPS) is 10.9. The van der Waals surface area contributed by atoms with Gasteiger partial charge in [-0.2, -0.15) is 5.10 Å². The van der Waals surface area contributed by atoms with E-state index < -0.39 is 0 Å². The number of carbonyl (C=O) groups is 2. The molecule has 0 aliphatic heterocycles. The highest BCUT2D eigenvalue weighted by molar-refractivity contribution is 6.07. The molecule has 25 heavy (non-hydrogen) atoms. The fourth-order valence-electron chi connectivity index (χ4n) is 3.00. The number of furan rings is 1. The first-order valence-electron chi connectivity index (χ1n) is 7.92. The molecular weight excluding hydrogens is 320 g/mol. The molecule has 0 spiro atoms. The predicted molar refractivity (Wildman–Crippen MR) is 94.0 cm³/mol. The van der Waals surface area contributed by atoms with Gasteiger partial charge in [-0.15, -0.1) is 0 Å². The molecule has 130 valence electrons. The SMILES string of the molecule is CC(=O)c1c(C)[nH]c(C(=O)Nc2n[nH]c(-c3ccc(C)o3)c2C)c1C. The molecule has 3 aromatic heterocycles. The Morgan fingerprint density at radius 1 is 1.12 bits per heavy atom. The van der Waals surface area contributed by atoms with Crippen LogP contribution in [0.4, 0.5) is 5.82 Å². The van der Waals surface area contributed by atoms with Crippen LogP contribution in [-0.4, -0.2) is 26.9 Å². The lowest BCUT2D eigenvalue weighted by molar-refractivity contribution is 0.101. The van der Waals surface area contributed by atoms with E-state index in [1.54, 1.807) is 13.8 Å². The van der Waals surface area contributed by atoms with Crippen molar-refractivity contribution in [1.82, 2.24) is 15.2 Å². The van der Waals surface area contributed by atoms with Crippen molar-refractivity contribution in [2.24, 2.45) is 0 Å². The number of ketones is 1. The molecule has 3 N–H and O–H groups in total. The molecule has 0 bridgehead atoms. The van der Waals surface area contributed by atoms with E-state index >= 15 is 0 Å². The lowest BCUT2D eigenvalue weighted by Crippen LogP contribution is -2.15. The highest BCUT2D eigenvalue weighted by Crippen LogP contribution is 2.28. The molecule has 3 aromatic rings. The van der Waals surface area contributed by atoms with Crippen LogP contribution in [0.5, 0.6) is 0 Å². The zero-order valence-corrected chi connectivity index (χ0v) is 14.8. The second-order valence-corrected chi connectivity index (χ2v) is 6.12. The van der Waals surface area contributed by atoms with Gasteiger partial charge in [0.25, 0.3) is 5.91 Å². The van der Waals surface area contributed by atoms with Gasteiger partial charge in [0.1, 0.15) is 17.1 Å². The monoisotopic (exact) mass is 340 g/mol. The summed E-state index contributed by atoms with van der Waals surface area (Å²) in [5.74, 6) is 1.46. The summed E-state index contributed by atoms with van der Waals surface area (Å²) in [6.45, 7) is 8.72. The largest absolute Gasteiger partial charge is 0.460 e. The summed E-state index contributed by atoms with van der Waals surface area (Å²) in [6.07, 6.45) is 0. The molecule has 3 heterocycles. The number of rotatable bonds is 4. The van der Waals surface area contributed by atoms with Gasteiger partial charge in [-0.1, -0.05) is 0 Å². The number of hydrogen-bond donors (Lipinski definition) is 3. The van der Waals surface area contributed by atoms with Gasteiger partial charge >= 0.3 is 0 Å². The molecule has 0 saturated carbocycles. The molecule has 0 unspecified atom stereocenters. The average molecular weight is 340 g/mol. The number of nitrogens with one attached hydrogen (secondary N) is 3. The number of amides is 1. The van der Waals surface area contributed by atoms with E-state index in [1.165, 1.54) is 6.92 Å². The van der Waals surface area contributed by atoms with Crippen molar-refractivity contribution in [2.45, 2.75) is 34.6 Å². The third kappa shape index (κ3) is 2.88. The molecule has 0 aliphatic carbocycles. The van der Waals surface area contributed by atoms with E-state index in [0.717, 1.165) is 11.3 Å². The van der Waals surface area contributed by atoms with Crippen LogP contribution in [0.3, 0.4) is 0 Å². The fourth-order valence-corrected chi connectivity index (χ4v) is 3.00. The summed E-state index contributed by atoms with van der Waals surface area (Å²) in [6, 6.07) is 3.71. The third-order valence-electron chi connectivity index (χ3n) is 4.25. The summed E-state index contributed by atoms with van der Waals surface area (Å²) in [7, 11) is 0. The Kier molecular flexibility index (Phi) is 4.08. The number of H-pyrrole nitrogens is 2. The number of hydrogen-bond acceptors (Lipinski definition) is 4. The zero-order chi connectivity index (χ0) is 18.3. The van der Waals surface area contributed by atoms with Crippen LogP contribution < -0.4 is 5.32 Å². The Hall–Kier alpha value is -3.09. The second kappa shape index (κ2) is 6.08. The van der Waals surface area contributed by atoms with Gasteiger partial charge < -0.3 is 14.7 Å². The minimum Gasteiger partial charge on any atom is -0.460 e. The van der Waals surface area contributed by atoms with Crippen molar-refractivity contribution >= 4 is 17.5 Å². The number of aromatic nitrogens is 3. The average Bonchev–Trinajstić information content (AvgIpc) is 3.18. The van der Waals surface area contributed by atoms with Crippen LogP contribution in [0.15, 0.2) is 16.5 Å². The molecule has 0 aromatic carbocycles. The Bertz CT molecular complexity index is 975. The van der Waals surface area contributed by atoms with E-state index in [2.05, 4.69) is 20.5 Å². The molecule has 7 nitrogen and oxygen atoms in total. The van der Waals surface area contributed by atoms with Gasteiger partial charge in [0.2, 0.25) is 0 Å². The fraction of sp³-hybridized carbons (Fsp3) is 0.278. The van der Waals surface area contributed by atoms with Crippen LogP contribution in [0, 0.1) is 27.7 Å². The van der Waals surface area contributed by atoms with Gasteiger partial charge in [0.05, 0.1) is 0 Å². The first-order valence-corrected chi connectivity index (χ1v) is 7.92. The maximum Gasteiger partial charge on any atom is 0.273 e. The van der Waals surface area contributed by atoms with Crippen molar-refractivity contribution in [1.29, 1.82) is 0 Å². The molecule has 1 amide bonds. The summed E-state index contributed by atoms with van der Waals surface area (Å²) in [4.78, 5) is 27.3. The molecule has 0 saturated heterocycles. The topological polar surface area (TPSA) is 104 Å². The molecule has 3 rings (SSSR count). The zero-order valence-electron chi connectivity index (χ0n) is 14.8. The molecule has 0 fully saturated rings. The third-order valence-corrected chi connectivity index (χ3v) is 4.25. The van der Waals surface area contributed by atoms with Gasteiger partial charge in [0, 0.05) is 16.8 Å². The second-order valence-electron chi connectivity index (χ2n) is 6.12. The lowest BCUT2D eigenvalue weighted by Gasteiger charge is -2.03. The number of aromatic amines is 2. The van der Waals surface area contributed by atoms with E-state index in [9.17, 15) is 9.59 Å². The van der Waals surface area contributed by atoms with Crippen molar-refractivity contribution in [3.63, 3.8) is 0 Å². The van der Waals surface area contributed by atoms with E-state index in [1.807, 2.05) is 26.0 Å².